The van der Waals surface area contributed by atoms with Crippen LogP contribution in [0.2, 0.25) is 0 Å². The first-order chi connectivity index (χ1) is 15.0. The number of nitrogens with one attached hydrogen (secondary N) is 2. The van der Waals surface area contributed by atoms with E-state index in [0.29, 0.717) is 5.69 Å². The van der Waals surface area contributed by atoms with Crippen molar-refractivity contribution < 1.29 is 32.3 Å². The SMILES string of the molecule is COc1cc(OC)nc(NC(=O)NS(=O)(=O)c2c(C3=NOCC(C)(C)O3)c(C)nn2C)n1. The van der Waals surface area contributed by atoms with Crippen LogP contribution in [0.5, 0.6) is 11.8 Å². The Kier molecular flexibility index (Phi) is 6.11. The standard InChI is InChI=1S/C17H23N7O7S/c1-9-12(13-22-30-8-17(2,3)31-13)14(24(4)21-9)32(26,27)23-16(25)20-15-18-10(28-5)7-11(19-15)29-6/h7H,8H2,1-6H3,(H2,18,19,20,23,25). The lowest BCUT2D eigenvalue weighted by Crippen LogP contribution is -2.39. The zero-order valence-electron chi connectivity index (χ0n) is 18.3. The van der Waals surface area contributed by atoms with Crippen molar-refractivity contribution in [2.45, 2.75) is 31.4 Å². The minimum absolute atomic E-state index is 0.0616. The Labute approximate surface area is 184 Å². The van der Waals surface area contributed by atoms with E-state index in [2.05, 4.69) is 25.5 Å². The Morgan fingerprint density at radius 3 is 2.41 bits per heavy atom. The van der Waals surface area contributed by atoms with Crippen molar-refractivity contribution >= 4 is 27.9 Å². The minimum Gasteiger partial charge on any atom is -0.481 e. The summed E-state index contributed by atoms with van der Waals surface area (Å²) in [6, 6.07) is 0.270. The highest BCUT2D eigenvalue weighted by atomic mass is 32.2. The van der Waals surface area contributed by atoms with Gasteiger partial charge in [-0.2, -0.15) is 23.5 Å². The van der Waals surface area contributed by atoms with Gasteiger partial charge in [-0.3, -0.25) is 10.00 Å². The molecule has 0 aromatic carbocycles. The van der Waals surface area contributed by atoms with Gasteiger partial charge in [-0.15, -0.1) is 0 Å². The maximum absolute atomic E-state index is 13.1. The quantitative estimate of drug-likeness (QED) is 0.609. The summed E-state index contributed by atoms with van der Waals surface area (Å²) < 4.78 is 44.9. The number of carbonyl (C=O) groups excluding carboxylic acids is 1. The average Bonchev–Trinajstić information content (AvgIpc) is 3.00. The first kappa shape index (κ1) is 23.1. The summed E-state index contributed by atoms with van der Waals surface area (Å²) in [6.07, 6.45) is 0. The third-order valence-corrected chi connectivity index (χ3v) is 5.55. The van der Waals surface area contributed by atoms with Gasteiger partial charge in [-0.1, -0.05) is 0 Å². The van der Waals surface area contributed by atoms with Gasteiger partial charge in [0.25, 0.3) is 15.9 Å². The second-order valence-corrected chi connectivity index (χ2v) is 8.85. The first-order valence-electron chi connectivity index (χ1n) is 9.19. The molecular weight excluding hydrogens is 446 g/mol. The molecule has 0 saturated heterocycles. The van der Waals surface area contributed by atoms with Crippen LogP contribution in [-0.2, 0) is 26.6 Å². The van der Waals surface area contributed by atoms with Gasteiger partial charge < -0.3 is 19.0 Å². The summed E-state index contributed by atoms with van der Waals surface area (Å²) in [5, 5.41) is 9.85. The van der Waals surface area contributed by atoms with Crippen molar-refractivity contribution in [1.82, 2.24) is 24.5 Å². The Bertz CT molecular complexity index is 1150. The molecule has 1 aliphatic rings. The number of anilines is 1. The van der Waals surface area contributed by atoms with E-state index in [-0.39, 0.29) is 40.8 Å². The highest BCUT2D eigenvalue weighted by Crippen LogP contribution is 2.26. The fraction of sp³-hybridized carbons (Fsp3) is 0.471. The molecule has 0 spiro atoms. The van der Waals surface area contributed by atoms with Crippen molar-refractivity contribution in [3.63, 3.8) is 0 Å². The Hall–Kier alpha value is -3.62. The normalized spacial score (nSPS) is 15.1. The number of sulfonamides is 1. The Morgan fingerprint density at radius 2 is 1.84 bits per heavy atom. The number of ether oxygens (including phenoxy) is 3. The number of aryl methyl sites for hydroxylation is 2. The van der Waals surface area contributed by atoms with E-state index >= 15 is 0 Å². The van der Waals surface area contributed by atoms with Gasteiger partial charge in [-0.25, -0.2) is 9.52 Å². The molecule has 0 fully saturated rings. The van der Waals surface area contributed by atoms with Gasteiger partial charge in [0, 0.05) is 7.05 Å². The lowest BCUT2D eigenvalue weighted by molar-refractivity contribution is -0.0429. The summed E-state index contributed by atoms with van der Waals surface area (Å²) in [6.45, 7) is 5.28. The predicted molar refractivity (Wildman–Crippen MR) is 110 cm³/mol. The lowest BCUT2D eigenvalue weighted by atomic mass is 10.1. The predicted octanol–water partition coefficient (Wildman–Crippen LogP) is 0.533. The average molecular weight is 469 g/mol. The molecule has 3 rings (SSSR count). The Balaban J connectivity index is 1.89. The summed E-state index contributed by atoms with van der Waals surface area (Å²) in [7, 11) is -0.294. The molecule has 2 N–H and O–H groups in total. The highest BCUT2D eigenvalue weighted by Gasteiger charge is 2.36. The largest absolute Gasteiger partial charge is 0.481 e. The van der Waals surface area contributed by atoms with E-state index in [1.807, 2.05) is 4.72 Å². The van der Waals surface area contributed by atoms with Crippen molar-refractivity contribution in [3.8, 4) is 11.8 Å². The molecule has 0 saturated carbocycles. The van der Waals surface area contributed by atoms with Crippen molar-refractivity contribution in [3.05, 3.63) is 17.3 Å². The molecule has 32 heavy (non-hydrogen) atoms. The maximum atomic E-state index is 13.1. The van der Waals surface area contributed by atoms with E-state index in [4.69, 9.17) is 19.0 Å². The summed E-state index contributed by atoms with van der Waals surface area (Å²) in [4.78, 5) is 25.4. The molecule has 0 radical (unpaired) electrons. The molecule has 2 aromatic rings. The summed E-state index contributed by atoms with van der Waals surface area (Å²) in [5.74, 6) is -0.0804. The molecular formula is C17H23N7O7S. The molecule has 1 aliphatic heterocycles. The molecule has 0 aliphatic carbocycles. The van der Waals surface area contributed by atoms with Crippen molar-refractivity contribution in [2.24, 2.45) is 12.2 Å². The van der Waals surface area contributed by atoms with Gasteiger partial charge in [0.05, 0.1) is 26.0 Å². The van der Waals surface area contributed by atoms with E-state index in [9.17, 15) is 13.2 Å². The molecule has 174 valence electrons. The van der Waals surface area contributed by atoms with E-state index in [1.54, 1.807) is 20.8 Å². The van der Waals surface area contributed by atoms with Crippen LogP contribution in [-0.4, -0.2) is 66.5 Å². The van der Waals surface area contributed by atoms with Crippen LogP contribution < -0.4 is 19.5 Å². The van der Waals surface area contributed by atoms with Gasteiger partial charge in [0.1, 0.15) is 11.2 Å². The van der Waals surface area contributed by atoms with Crippen LogP contribution in [0.15, 0.2) is 16.2 Å². The zero-order chi connectivity index (χ0) is 23.7. The highest BCUT2D eigenvalue weighted by molar-refractivity contribution is 7.90. The monoisotopic (exact) mass is 469 g/mol. The van der Waals surface area contributed by atoms with Crippen LogP contribution in [0.1, 0.15) is 25.1 Å². The smallest absolute Gasteiger partial charge is 0.335 e. The molecule has 0 bridgehead atoms. The van der Waals surface area contributed by atoms with Crippen LogP contribution >= 0.6 is 0 Å². The van der Waals surface area contributed by atoms with E-state index < -0.39 is 21.7 Å². The van der Waals surface area contributed by atoms with Crippen LogP contribution in [0.4, 0.5) is 10.7 Å². The molecule has 14 nitrogen and oxygen atoms in total. The fourth-order valence-corrected chi connectivity index (χ4v) is 4.09. The maximum Gasteiger partial charge on any atom is 0.335 e. The van der Waals surface area contributed by atoms with Crippen molar-refractivity contribution in [2.75, 3.05) is 26.1 Å². The van der Waals surface area contributed by atoms with Gasteiger partial charge in [0.2, 0.25) is 17.7 Å². The molecule has 15 heteroatoms. The fourth-order valence-electron chi connectivity index (χ4n) is 2.81. The number of aromatic nitrogens is 4. The lowest BCUT2D eigenvalue weighted by Gasteiger charge is -2.29. The summed E-state index contributed by atoms with van der Waals surface area (Å²) in [5.41, 5.74) is -0.359. The number of urea groups is 1. The number of hydrogen-bond donors (Lipinski definition) is 2. The molecule has 3 heterocycles. The van der Waals surface area contributed by atoms with Crippen LogP contribution in [0.25, 0.3) is 0 Å². The van der Waals surface area contributed by atoms with Gasteiger partial charge in [0.15, 0.2) is 11.6 Å². The molecule has 2 amide bonds. The minimum atomic E-state index is -4.43. The topological polar surface area (TPSA) is 168 Å². The van der Waals surface area contributed by atoms with Gasteiger partial charge in [-0.05, 0) is 25.9 Å². The third-order valence-electron chi connectivity index (χ3n) is 4.12. The number of methoxy groups -OCH3 is 2. The van der Waals surface area contributed by atoms with E-state index in [0.717, 1.165) is 4.68 Å². The third kappa shape index (κ3) is 4.82. The number of oxime groups is 1. The number of hydrogen-bond acceptors (Lipinski definition) is 11. The second kappa shape index (κ2) is 8.49. The summed E-state index contributed by atoms with van der Waals surface area (Å²) >= 11 is 0. The molecule has 0 atom stereocenters. The number of amides is 2. The second-order valence-electron chi connectivity index (χ2n) is 7.26. The van der Waals surface area contributed by atoms with Gasteiger partial charge >= 0.3 is 6.03 Å². The zero-order valence-corrected chi connectivity index (χ0v) is 19.1. The van der Waals surface area contributed by atoms with Crippen molar-refractivity contribution in [1.29, 1.82) is 0 Å². The molecule has 0 unspecified atom stereocenters. The number of carbonyl (C=O) groups is 1. The first-order valence-corrected chi connectivity index (χ1v) is 10.7. The number of nitrogens with zero attached hydrogens (tertiary/aromatic N) is 5. The number of rotatable bonds is 6. The van der Waals surface area contributed by atoms with Crippen LogP contribution in [0.3, 0.4) is 0 Å². The van der Waals surface area contributed by atoms with E-state index in [1.165, 1.54) is 27.3 Å². The van der Waals surface area contributed by atoms with Crippen LogP contribution in [0, 0.1) is 6.92 Å². The Morgan fingerprint density at radius 1 is 1.22 bits per heavy atom. The molecule has 2 aromatic heterocycles.